The third-order valence-electron chi connectivity index (χ3n) is 4.67. The molecule has 2 aromatic heterocycles. The lowest BCUT2D eigenvalue weighted by atomic mass is 10.1. The lowest BCUT2D eigenvalue weighted by molar-refractivity contribution is -0.129. The maximum Gasteiger partial charge on any atom is 0.227 e. The van der Waals surface area contributed by atoms with Gasteiger partial charge in [0.25, 0.3) is 0 Å². The lowest BCUT2D eigenvalue weighted by Crippen LogP contribution is -2.30. The SMILES string of the molecule is O=C(Cc1ccc(Br)cc1)N1CCC(c2nc(O)c3cnccc3n2)C1. The van der Waals surface area contributed by atoms with E-state index in [9.17, 15) is 9.90 Å². The van der Waals surface area contributed by atoms with Crippen LogP contribution in [0.1, 0.15) is 23.7 Å². The van der Waals surface area contributed by atoms with E-state index in [0.29, 0.717) is 36.2 Å². The van der Waals surface area contributed by atoms with Gasteiger partial charge in [-0.2, -0.15) is 4.98 Å². The molecule has 6 nitrogen and oxygen atoms in total. The summed E-state index contributed by atoms with van der Waals surface area (Å²) >= 11 is 3.40. The number of nitrogens with zero attached hydrogens (tertiary/aromatic N) is 4. The van der Waals surface area contributed by atoms with Crippen LogP contribution in [0.3, 0.4) is 0 Å². The van der Waals surface area contributed by atoms with Gasteiger partial charge in [-0.25, -0.2) is 4.98 Å². The maximum atomic E-state index is 12.6. The highest BCUT2D eigenvalue weighted by atomic mass is 79.9. The van der Waals surface area contributed by atoms with Gasteiger partial charge in [0.05, 0.1) is 17.3 Å². The van der Waals surface area contributed by atoms with E-state index >= 15 is 0 Å². The second-order valence-corrected chi connectivity index (χ2v) is 7.34. The average Bonchev–Trinajstić information content (AvgIpc) is 3.14. The van der Waals surface area contributed by atoms with Gasteiger partial charge in [0.15, 0.2) is 0 Å². The molecule has 0 saturated carbocycles. The van der Waals surface area contributed by atoms with Crippen LogP contribution in [0.25, 0.3) is 10.9 Å². The lowest BCUT2D eigenvalue weighted by Gasteiger charge is -2.16. The zero-order chi connectivity index (χ0) is 18.1. The molecule has 7 heteroatoms. The van der Waals surface area contributed by atoms with Gasteiger partial charge in [-0.05, 0) is 30.2 Å². The second kappa shape index (κ2) is 6.99. The van der Waals surface area contributed by atoms with Crippen LogP contribution in [-0.4, -0.2) is 44.0 Å². The van der Waals surface area contributed by atoms with E-state index in [1.54, 1.807) is 18.5 Å². The van der Waals surface area contributed by atoms with Crippen molar-refractivity contribution in [2.75, 3.05) is 13.1 Å². The average molecular weight is 413 g/mol. The van der Waals surface area contributed by atoms with Gasteiger partial charge in [-0.3, -0.25) is 9.78 Å². The first kappa shape index (κ1) is 16.9. The van der Waals surface area contributed by atoms with Crippen molar-refractivity contribution < 1.29 is 9.90 Å². The molecule has 1 fully saturated rings. The van der Waals surface area contributed by atoms with Crippen LogP contribution in [0, 0.1) is 0 Å². The van der Waals surface area contributed by atoms with E-state index in [4.69, 9.17) is 0 Å². The molecule has 4 rings (SSSR count). The number of halogens is 1. The standard InChI is InChI=1S/C19H17BrN4O2/c20-14-3-1-12(2-4-14)9-17(25)24-8-6-13(11-24)18-22-16-5-7-21-10-15(16)19(26)23-18/h1-5,7,10,13H,6,8-9,11H2,(H,22,23,26). The number of aromatic nitrogens is 3. The zero-order valence-corrected chi connectivity index (χ0v) is 15.6. The topological polar surface area (TPSA) is 79.2 Å². The monoisotopic (exact) mass is 412 g/mol. The van der Waals surface area contributed by atoms with Crippen molar-refractivity contribution in [3.63, 3.8) is 0 Å². The largest absolute Gasteiger partial charge is 0.493 e. The van der Waals surface area contributed by atoms with Crippen LogP contribution < -0.4 is 0 Å². The van der Waals surface area contributed by atoms with Crippen LogP contribution in [0.4, 0.5) is 0 Å². The Hall–Kier alpha value is -2.54. The number of hydrogen-bond acceptors (Lipinski definition) is 5. The fourth-order valence-electron chi connectivity index (χ4n) is 3.24. The minimum Gasteiger partial charge on any atom is -0.493 e. The number of aromatic hydroxyl groups is 1. The Morgan fingerprint density at radius 2 is 2.04 bits per heavy atom. The number of carbonyl (C=O) groups is 1. The Morgan fingerprint density at radius 3 is 2.85 bits per heavy atom. The van der Waals surface area contributed by atoms with Gasteiger partial charge in [0.1, 0.15) is 5.82 Å². The summed E-state index contributed by atoms with van der Waals surface area (Å²) in [7, 11) is 0. The fourth-order valence-corrected chi connectivity index (χ4v) is 3.51. The van der Waals surface area contributed by atoms with E-state index in [-0.39, 0.29) is 17.7 Å². The van der Waals surface area contributed by atoms with E-state index in [0.717, 1.165) is 16.5 Å². The first-order chi connectivity index (χ1) is 12.6. The number of fused-ring (bicyclic) bond motifs is 1. The molecule has 1 unspecified atom stereocenters. The van der Waals surface area contributed by atoms with Gasteiger partial charge in [-0.15, -0.1) is 0 Å². The molecule has 1 aliphatic rings. The Bertz CT molecular complexity index is 961. The molecule has 1 atom stereocenters. The van der Waals surface area contributed by atoms with Crippen molar-refractivity contribution in [1.82, 2.24) is 19.9 Å². The third-order valence-corrected chi connectivity index (χ3v) is 5.20. The van der Waals surface area contributed by atoms with E-state index in [1.807, 2.05) is 29.2 Å². The first-order valence-electron chi connectivity index (χ1n) is 8.43. The number of hydrogen-bond donors (Lipinski definition) is 1. The quantitative estimate of drug-likeness (QED) is 0.714. The Balaban J connectivity index is 1.48. The van der Waals surface area contributed by atoms with Gasteiger partial charge in [0.2, 0.25) is 11.8 Å². The Kier molecular flexibility index (Phi) is 4.55. The molecule has 0 radical (unpaired) electrons. The normalized spacial score (nSPS) is 17.0. The number of pyridine rings is 1. The summed E-state index contributed by atoms with van der Waals surface area (Å²) in [6.45, 7) is 1.25. The summed E-state index contributed by atoms with van der Waals surface area (Å²) in [5, 5.41) is 10.7. The van der Waals surface area contributed by atoms with Gasteiger partial charge in [0, 0.05) is 35.9 Å². The maximum absolute atomic E-state index is 12.6. The molecule has 1 aromatic carbocycles. The highest BCUT2D eigenvalue weighted by Crippen LogP contribution is 2.29. The molecule has 3 heterocycles. The summed E-state index contributed by atoms with van der Waals surface area (Å²) in [6, 6.07) is 9.54. The minimum atomic E-state index is -0.0576. The first-order valence-corrected chi connectivity index (χ1v) is 9.22. The molecular formula is C19H17BrN4O2. The smallest absolute Gasteiger partial charge is 0.227 e. The predicted octanol–water partition coefficient (Wildman–Crippen LogP) is 3.05. The van der Waals surface area contributed by atoms with Gasteiger partial charge in [-0.1, -0.05) is 28.1 Å². The molecule has 26 heavy (non-hydrogen) atoms. The second-order valence-electron chi connectivity index (χ2n) is 6.43. The minimum absolute atomic E-state index is 0.0346. The van der Waals surface area contributed by atoms with Crippen LogP contribution in [0.15, 0.2) is 47.2 Å². The molecule has 1 N–H and O–H groups in total. The van der Waals surface area contributed by atoms with Crippen LogP contribution in [0.5, 0.6) is 5.88 Å². The predicted molar refractivity (Wildman–Crippen MR) is 101 cm³/mol. The van der Waals surface area contributed by atoms with E-state index < -0.39 is 0 Å². The number of rotatable bonds is 3. The molecule has 0 spiro atoms. The summed E-state index contributed by atoms with van der Waals surface area (Å²) < 4.78 is 0.999. The number of likely N-dealkylation sites (tertiary alicyclic amines) is 1. The number of benzene rings is 1. The van der Waals surface area contributed by atoms with Crippen LogP contribution in [-0.2, 0) is 11.2 Å². The van der Waals surface area contributed by atoms with Crippen LogP contribution >= 0.6 is 15.9 Å². The zero-order valence-electron chi connectivity index (χ0n) is 14.0. The van der Waals surface area contributed by atoms with Crippen LogP contribution in [0.2, 0.25) is 0 Å². The molecule has 1 aliphatic heterocycles. The molecule has 3 aromatic rings. The van der Waals surface area contributed by atoms with Gasteiger partial charge < -0.3 is 10.0 Å². The number of amides is 1. The van der Waals surface area contributed by atoms with Crippen molar-refractivity contribution in [1.29, 1.82) is 0 Å². The highest BCUT2D eigenvalue weighted by molar-refractivity contribution is 9.10. The summed E-state index contributed by atoms with van der Waals surface area (Å²) in [6.07, 6.45) is 4.37. The molecule has 1 amide bonds. The highest BCUT2D eigenvalue weighted by Gasteiger charge is 2.29. The van der Waals surface area contributed by atoms with Crippen molar-refractivity contribution in [3.05, 3.63) is 58.6 Å². The van der Waals surface area contributed by atoms with Crippen molar-refractivity contribution in [2.24, 2.45) is 0 Å². The van der Waals surface area contributed by atoms with Crippen molar-refractivity contribution in [3.8, 4) is 5.88 Å². The summed E-state index contributed by atoms with van der Waals surface area (Å²) in [4.78, 5) is 27.2. The van der Waals surface area contributed by atoms with Crippen molar-refractivity contribution >= 4 is 32.7 Å². The Morgan fingerprint density at radius 1 is 1.23 bits per heavy atom. The molecule has 132 valence electrons. The third kappa shape index (κ3) is 3.39. The summed E-state index contributed by atoms with van der Waals surface area (Å²) in [5.74, 6) is 0.661. The van der Waals surface area contributed by atoms with E-state index in [2.05, 4.69) is 30.9 Å². The Labute approximate surface area is 159 Å². The van der Waals surface area contributed by atoms with E-state index in [1.165, 1.54) is 0 Å². The fraction of sp³-hybridized carbons (Fsp3) is 0.263. The molecular weight excluding hydrogens is 396 g/mol. The molecule has 0 bridgehead atoms. The van der Waals surface area contributed by atoms with Gasteiger partial charge >= 0.3 is 0 Å². The molecule has 0 aliphatic carbocycles. The number of carbonyl (C=O) groups excluding carboxylic acids is 1. The van der Waals surface area contributed by atoms with Crippen molar-refractivity contribution in [2.45, 2.75) is 18.8 Å². The molecule has 1 saturated heterocycles. The summed E-state index contributed by atoms with van der Waals surface area (Å²) in [5.41, 5.74) is 1.66.